The van der Waals surface area contributed by atoms with Gasteiger partial charge in [-0.15, -0.1) is 6.58 Å². The molecule has 0 heterocycles. The minimum absolute atomic E-state index is 0.901. The van der Waals surface area contributed by atoms with Crippen molar-refractivity contribution in [3.05, 3.63) is 24.8 Å². The topological polar surface area (TPSA) is 12.0 Å². The number of hydrogen-bond acceptors (Lipinski definition) is 1. The van der Waals surface area contributed by atoms with E-state index in [1.807, 2.05) is 6.08 Å². The summed E-state index contributed by atoms with van der Waals surface area (Å²) in [4.78, 5) is 0. The number of hydrogen-bond donors (Lipinski definition) is 1. The maximum Gasteiger partial charge on any atom is 0.0137 e. The van der Waals surface area contributed by atoms with E-state index in [0.29, 0.717) is 0 Å². The van der Waals surface area contributed by atoms with Crippen molar-refractivity contribution in [2.45, 2.75) is 26.2 Å². The van der Waals surface area contributed by atoms with Crippen LogP contribution in [-0.2, 0) is 0 Å². The third-order valence-corrected chi connectivity index (χ3v) is 1.44. The normalized spacial score (nSPS) is 10.6. The van der Waals surface area contributed by atoms with Gasteiger partial charge in [-0.2, -0.15) is 0 Å². The first-order valence-corrected chi connectivity index (χ1v) is 4.38. The Bertz CT molecular complexity index is 105. The van der Waals surface area contributed by atoms with Crippen molar-refractivity contribution in [2.24, 2.45) is 0 Å². The summed E-state index contributed by atoms with van der Waals surface area (Å²) in [6, 6.07) is 0. The van der Waals surface area contributed by atoms with Gasteiger partial charge in [-0.05, 0) is 6.42 Å². The van der Waals surface area contributed by atoms with Gasteiger partial charge in [0.25, 0.3) is 0 Å². The average molecular weight is 153 g/mol. The summed E-state index contributed by atoms with van der Waals surface area (Å²) in [6.07, 6.45) is 10.1. The first-order valence-electron chi connectivity index (χ1n) is 4.38. The lowest BCUT2D eigenvalue weighted by atomic mass is 10.2. The number of unbranched alkanes of at least 4 members (excludes halogenated alkanes) is 2. The maximum absolute atomic E-state index is 3.62. The van der Waals surface area contributed by atoms with Gasteiger partial charge in [0.05, 0.1) is 0 Å². The molecule has 0 spiro atoms. The molecule has 1 N–H and O–H groups in total. The Morgan fingerprint density at radius 3 is 2.73 bits per heavy atom. The van der Waals surface area contributed by atoms with Crippen molar-refractivity contribution in [3.8, 4) is 0 Å². The Balaban J connectivity index is 2.97. The average Bonchev–Trinajstić information content (AvgIpc) is 2.03. The van der Waals surface area contributed by atoms with Crippen molar-refractivity contribution in [1.29, 1.82) is 0 Å². The summed E-state index contributed by atoms with van der Waals surface area (Å²) >= 11 is 0. The molecule has 11 heavy (non-hydrogen) atoms. The fourth-order valence-electron chi connectivity index (χ4n) is 0.792. The highest BCUT2D eigenvalue weighted by Gasteiger charge is 1.78. The van der Waals surface area contributed by atoms with Crippen molar-refractivity contribution in [3.63, 3.8) is 0 Å². The molecule has 0 atom stereocenters. The van der Waals surface area contributed by atoms with Crippen LogP contribution in [0.3, 0.4) is 0 Å². The van der Waals surface area contributed by atoms with Gasteiger partial charge in [0, 0.05) is 13.1 Å². The Morgan fingerprint density at radius 1 is 1.27 bits per heavy atom. The van der Waals surface area contributed by atoms with E-state index in [2.05, 4.69) is 31.0 Å². The van der Waals surface area contributed by atoms with Crippen LogP contribution in [0.1, 0.15) is 26.2 Å². The van der Waals surface area contributed by atoms with Gasteiger partial charge in [0.15, 0.2) is 0 Å². The third kappa shape index (κ3) is 9.44. The van der Waals surface area contributed by atoms with Crippen LogP contribution in [0.2, 0.25) is 0 Å². The van der Waals surface area contributed by atoms with Crippen LogP contribution in [0.5, 0.6) is 0 Å². The highest BCUT2D eigenvalue weighted by atomic mass is 14.8. The van der Waals surface area contributed by atoms with E-state index in [1.165, 1.54) is 19.3 Å². The molecule has 0 radical (unpaired) electrons. The summed E-state index contributed by atoms with van der Waals surface area (Å²) < 4.78 is 0. The van der Waals surface area contributed by atoms with Crippen molar-refractivity contribution in [2.75, 3.05) is 13.1 Å². The molecule has 0 saturated heterocycles. The fraction of sp³-hybridized carbons (Fsp3) is 0.600. The predicted octanol–water partition coefficient (Wildman–Crippen LogP) is 2.51. The molecule has 0 bridgehead atoms. The lowest BCUT2D eigenvalue weighted by Crippen LogP contribution is -2.12. The molecule has 0 saturated carbocycles. The zero-order valence-electron chi connectivity index (χ0n) is 7.47. The van der Waals surface area contributed by atoms with Gasteiger partial charge >= 0.3 is 0 Å². The van der Waals surface area contributed by atoms with E-state index in [4.69, 9.17) is 0 Å². The van der Waals surface area contributed by atoms with Crippen LogP contribution in [0.4, 0.5) is 0 Å². The van der Waals surface area contributed by atoms with Gasteiger partial charge in [-0.1, -0.05) is 38.0 Å². The SMILES string of the molecule is C=CCNCC=CCCCC. The molecule has 0 rings (SSSR count). The Labute approximate surface area is 70.2 Å². The van der Waals surface area contributed by atoms with E-state index in [9.17, 15) is 0 Å². The van der Waals surface area contributed by atoms with E-state index in [1.54, 1.807) is 0 Å². The van der Waals surface area contributed by atoms with Crippen LogP contribution in [0.15, 0.2) is 24.8 Å². The zero-order valence-corrected chi connectivity index (χ0v) is 7.47. The second-order valence-corrected chi connectivity index (χ2v) is 2.56. The molecule has 1 heteroatoms. The summed E-state index contributed by atoms with van der Waals surface area (Å²) in [7, 11) is 0. The lowest BCUT2D eigenvalue weighted by Gasteiger charge is -1.93. The monoisotopic (exact) mass is 153 g/mol. The molecule has 0 aliphatic carbocycles. The molecule has 0 aliphatic heterocycles. The Hall–Kier alpha value is -0.560. The van der Waals surface area contributed by atoms with Gasteiger partial charge in [0.1, 0.15) is 0 Å². The van der Waals surface area contributed by atoms with E-state index in [-0.39, 0.29) is 0 Å². The molecular formula is C10H19N. The standard InChI is InChI=1S/C10H19N/c1-3-5-6-7-8-10-11-9-4-2/h4,7-8,11H,2-3,5-6,9-10H2,1H3. The molecule has 0 amide bonds. The second kappa shape index (κ2) is 9.44. The van der Waals surface area contributed by atoms with Crippen molar-refractivity contribution in [1.82, 2.24) is 5.32 Å². The molecule has 0 aromatic rings. The first kappa shape index (κ1) is 10.4. The molecule has 0 unspecified atom stereocenters. The van der Waals surface area contributed by atoms with Gasteiger partial charge in [-0.25, -0.2) is 0 Å². The minimum Gasteiger partial charge on any atom is -0.310 e. The first-order chi connectivity index (χ1) is 5.41. The second-order valence-electron chi connectivity index (χ2n) is 2.56. The lowest BCUT2D eigenvalue weighted by molar-refractivity contribution is 0.803. The third-order valence-electron chi connectivity index (χ3n) is 1.44. The highest BCUT2D eigenvalue weighted by Crippen LogP contribution is 1.93. The van der Waals surface area contributed by atoms with Crippen LogP contribution in [0.25, 0.3) is 0 Å². The van der Waals surface area contributed by atoms with Crippen LogP contribution >= 0.6 is 0 Å². The number of rotatable bonds is 7. The molecule has 0 aliphatic rings. The molecular weight excluding hydrogens is 134 g/mol. The summed E-state index contributed by atoms with van der Waals surface area (Å²) in [5.41, 5.74) is 0. The summed E-state index contributed by atoms with van der Waals surface area (Å²) in [5.74, 6) is 0. The molecule has 0 fully saturated rings. The summed E-state index contributed by atoms with van der Waals surface area (Å²) in [5, 5.41) is 3.21. The van der Waals surface area contributed by atoms with Crippen LogP contribution in [0, 0.1) is 0 Å². The largest absolute Gasteiger partial charge is 0.310 e. The molecule has 0 aromatic carbocycles. The minimum atomic E-state index is 0.901. The quantitative estimate of drug-likeness (QED) is 0.438. The van der Waals surface area contributed by atoms with Gasteiger partial charge in [0.2, 0.25) is 0 Å². The Kier molecular flexibility index (Phi) is 8.96. The molecule has 64 valence electrons. The van der Waals surface area contributed by atoms with Crippen molar-refractivity contribution >= 4 is 0 Å². The number of nitrogens with one attached hydrogen (secondary N) is 1. The predicted molar refractivity (Wildman–Crippen MR) is 51.7 cm³/mol. The zero-order chi connectivity index (χ0) is 8.36. The van der Waals surface area contributed by atoms with E-state index < -0.39 is 0 Å². The maximum atomic E-state index is 3.62. The number of allylic oxidation sites excluding steroid dienone is 1. The van der Waals surface area contributed by atoms with Crippen molar-refractivity contribution < 1.29 is 0 Å². The molecule has 0 aromatic heterocycles. The van der Waals surface area contributed by atoms with Crippen LogP contribution in [-0.4, -0.2) is 13.1 Å². The Morgan fingerprint density at radius 2 is 2.09 bits per heavy atom. The highest BCUT2D eigenvalue weighted by molar-refractivity contribution is 4.84. The van der Waals surface area contributed by atoms with Crippen LogP contribution < -0.4 is 5.32 Å². The summed E-state index contributed by atoms with van der Waals surface area (Å²) in [6.45, 7) is 7.70. The molecule has 1 nitrogen and oxygen atoms in total. The van der Waals surface area contributed by atoms with Gasteiger partial charge < -0.3 is 5.32 Å². The van der Waals surface area contributed by atoms with E-state index in [0.717, 1.165) is 13.1 Å². The smallest absolute Gasteiger partial charge is 0.0137 e. The fourth-order valence-corrected chi connectivity index (χ4v) is 0.792. The van der Waals surface area contributed by atoms with Gasteiger partial charge in [-0.3, -0.25) is 0 Å². The van der Waals surface area contributed by atoms with E-state index >= 15 is 0 Å².